The van der Waals surface area contributed by atoms with Crippen molar-refractivity contribution in [2.75, 3.05) is 26.4 Å². The Bertz CT molecular complexity index is 537. The summed E-state index contributed by atoms with van der Waals surface area (Å²) in [4.78, 5) is 3.09. The van der Waals surface area contributed by atoms with E-state index >= 15 is 0 Å². The van der Waals surface area contributed by atoms with Gasteiger partial charge >= 0.3 is 0 Å². The van der Waals surface area contributed by atoms with Crippen LogP contribution in [0, 0.1) is 5.41 Å². The Morgan fingerprint density at radius 3 is 3.00 bits per heavy atom. The summed E-state index contributed by atoms with van der Waals surface area (Å²) in [5, 5.41) is 3.73. The third-order valence-electron chi connectivity index (χ3n) is 5.57. The zero-order valence-electron chi connectivity index (χ0n) is 13.0. The van der Waals surface area contributed by atoms with Gasteiger partial charge in [0, 0.05) is 27.6 Å². The highest BCUT2D eigenvalue weighted by atomic mass is 32.1. The predicted octanol–water partition coefficient (Wildman–Crippen LogP) is 2.87. The van der Waals surface area contributed by atoms with Gasteiger partial charge in [0.2, 0.25) is 0 Å². The second kappa shape index (κ2) is 5.05. The van der Waals surface area contributed by atoms with E-state index in [1.54, 1.807) is 4.88 Å². The van der Waals surface area contributed by atoms with Gasteiger partial charge in [-0.25, -0.2) is 0 Å². The summed E-state index contributed by atoms with van der Waals surface area (Å²) in [6.45, 7) is 8.31. The molecule has 4 rings (SSSR count). The average molecular weight is 307 g/mol. The van der Waals surface area contributed by atoms with Crippen molar-refractivity contribution in [3.8, 4) is 0 Å². The Hall–Kier alpha value is -0.420. The molecule has 1 spiro atoms. The molecular formula is C17H25NO2S. The topological polar surface area (TPSA) is 30.5 Å². The van der Waals surface area contributed by atoms with Crippen LogP contribution in [0.3, 0.4) is 0 Å². The molecule has 2 unspecified atom stereocenters. The summed E-state index contributed by atoms with van der Waals surface area (Å²) >= 11 is 2.01. The fourth-order valence-electron chi connectivity index (χ4n) is 4.09. The summed E-state index contributed by atoms with van der Waals surface area (Å²) in [7, 11) is 0. The minimum absolute atomic E-state index is 0.0357. The van der Waals surface area contributed by atoms with Gasteiger partial charge in [-0.05, 0) is 37.4 Å². The maximum atomic E-state index is 6.41. The Labute approximate surface area is 131 Å². The Morgan fingerprint density at radius 1 is 1.43 bits per heavy atom. The second-order valence-corrected chi connectivity index (χ2v) is 8.32. The van der Waals surface area contributed by atoms with E-state index in [0.29, 0.717) is 6.04 Å². The predicted molar refractivity (Wildman–Crippen MR) is 85.0 cm³/mol. The van der Waals surface area contributed by atoms with Crippen LogP contribution in [0.2, 0.25) is 0 Å². The molecule has 21 heavy (non-hydrogen) atoms. The molecule has 2 atom stereocenters. The van der Waals surface area contributed by atoms with E-state index in [-0.39, 0.29) is 11.0 Å². The second-order valence-electron chi connectivity index (χ2n) is 7.10. The molecule has 0 aliphatic carbocycles. The lowest BCUT2D eigenvalue weighted by Crippen LogP contribution is -2.61. The van der Waals surface area contributed by atoms with Crippen LogP contribution in [0.15, 0.2) is 6.07 Å². The van der Waals surface area contributed by atoms with E-state index in [1.807, 2.05) is 11.3 Å². The number of hydrogen-bond acceptors (Lipinski definition) is 4. The number of fused-ring (bicyclic) bond motifs is 2. The Balaban J connectivity index is 1.66. The van der Waals surface area contributed by atoms with Crippen LogP contribution in [-0.2, 0) is 27.9 Å². The fourth-order valence-corrected chi connectivity index (χ4v) is 5.27. The zero-order chi connectivity index (χ0) is 14.5. The molecule has 3 aliphatic heterocycles. The molecule has 1 aromatic heterocycles. The highest BCUT2D eigenvalue weighted by molar-refractivity contribution is 7.12. The smallest absolute Gasteiger partial charge is 0.0969 e. The normalized spacial score (nSPS) is 34.5. The first-order valence-corrected chi connectivity index (χ1v) is 9.04. The number of piperidine rings is 1. The molecule has 4 heteroatoms. The molecule has 2 fully saturated rings. The molecule has 1 N–H and O–H groups in total. The van der Waals surface area contributed by atoms with Gasteiger partial charge in [0.25, 0.3) is 0 Å². The molecule has 0 bridgehead atoms. The van der Waals surface area contributed by atoms with Gasteiger partial charge in [0.15, 0.2) is 0 Å². The molecule has 3 nitrogen and oxygen atoms in total. The summed E-state index contributed by atoms with van der Waals surface area (Å²) in [5.74, 6) is 0. The molecule has 0 amide bonds. The molecule has 2 saturated heterocycles. The minimum atomic E-state index is -0.0357. The zero-order valence-corrected chi connectivity index (χ0v) is 13.9. The molecular weight excluding hydrogens is 282 g/mol. The van der Waals surface area contributed by atoms with E-state index in [2.05, 4.69) is 25.2 Å². The molecule has 4 heterocycles. The summed E-state index contributed by atoms with van der Waals surface area (Å²) < 4.78 is 11.9. The van der Waals surface area contributed by atoms with Gasteiger partial charge in [-0.1, -0.05) is 13.8 Å². The number of hydrogen-bond donors (Lipinski definition) is 1. The van der Waals surface area contributed by atoms with E-state index in [1.165, 1.54) is 10.4 Å². The van der Waals surface area contributed by atoms with Gasteiger partial charge in [0.1, 0.15) is 0 Å². The van der Waals surface area contributed by atoms with Crippen LogP contribution in [0.4, 0.5) is 0 Å². The van der Waals surface area contributed by atoms with Crippen molar-refractivity contribution in [3.05, 3.63) is 21.4 Å². The lowest BCUT2D eigenvalue weighted by Gasteiger charge is -2.52. The van der Waals surface area contributed by atoms with Crippen molar-refractivity contribution < 1.29 is 9.47 Å². The van der Waals surface area contributed by atoms with Crippen LogP contribution in [0.1, 0.15) is 42.0 Å². The Morgan fingerprint density at radius 2 is 2.29 bits per heavy atom. The van der Waals surface area contributed by atoms with Crippen molar-refractivity contribution in [1.29, 1.82) is 0 Å². The van der Waals surface area contributed by atoms with Gasteiger partial charge < -0.3 is 14.8 Å². The largest absolute Gasteiger partial charge is 0.380 e. The minimum Gasteiger partial charge on any atom is -0.380 e. The van der Waals surface area contributed by atoms with Gasteiger partial charge in [-0.2, -0.15) is 0 Å². The maximum Gasteiger partial charge on any atom is 0.0969 e. The number of nitrogens with one attached hydrogen (secondary N) is 1. The highest BCUT2D eigenvalue weighted by Crippen LogP contribution is 2.48. The lowest BCUT2D eigenvalue weighted by atomic mass is 9.70. The standard InChI is InChI=1S/C17H25NO2S/c1-3-12-8-13-14(21-12)4-7-20-17(13)5-6-18-15(9-17)16(2)10-19-11-16/h8,15,18H,3-7,9-11H2,1-2H3. The lowest BCUT2D eigenvalue weighted by molar-refractivity contribution is -0.157. The summed E-state index contributed by atoms with van der Waals surface area (Å²) in [6.07, 6.45) is 4.44. The first-order chi connectivity index (χ1) is 10.2. The molecule has 0 radical (unpaired) electrons. The van der Waals surface area contributed by atoms with Crippen molar-refractivity contribution in [2.24, 2.45) is 5.41 Å². The van der Waals surface area contributed by atoms with Crippen LogP contribution in [-0.4, -0.2) is 32.4 Å². The van der Waals surface area contributed by atoms with Gasteiger partial charge in [-0.15, -0.1) is 11.3 Å². The van der Waals surface area contributed by atoms with Crippen molar-refractivity contribution in [1.82, 2.24) is 5.32 Å². The van der Waals surface area contributed by atoms with E-state index < -0.39 is 0 Å². The van der Waals surface area contributed by atoms with Crippen LogP contribution < -0.4 is 5.32 Å². The van der Waals surface area contributed by atoms with E-state index in [4.69, 9.17) is 9.47 Å². The van der Waals surface area contributed by atoms with Crippen molar-refractivity contribution >= 4 is 11.3 Å². The van der Waals surface area contributed by atoms with Crippen molar-refractivity contribution in [3.63, 3.8) is 0 Å². The molecule has 0 aromatic carbocycles. The van der Waals surface area contributed by atoms with E-state index in [9.17, 15) is 0 Å². The number of thiophene rings is 1. The number of ether oxygens (including phenoxy) is 2. The van der Waals surface area contributed by atoms with Gasteiger partial charge in [0.05, 0.1) is 25.4 Å². The SMILES string of the molecule is CCc1cc2c(s1)CCOC21CCNC(C2(C)COC2)C1. The number of aryl methyl sites for hydroxylation is 1. The monoisotopic (exact) mass is 307 g/mol. The fraction of sp³-hybridized carbons (Fsp3) is 0.765. The first kappa shape index (κ1) is 14.2. The third-order valence-corrected chi connectivity index (χ3v) is 6.90. The Kier molecular flexibility index (Phi) is 3.41. The van der Waals surface area contributed by atoms with Crippen LogP contribution >= 0.6 is 11.3 Å². The molecule has 3 aliphatic rings. The average Bonchev–Trinajstić information content (AvgIpc) is 2.90. The highest BCUT2D eigenvalue weighted by Gasteiger charge is 2.50. The summed E-state index contributed by atoms with van der Waals surface area (Å²) in [5.41, 5.74) is 1.76. The first-order valence-electron chi connectivity index (χ1n) is 8.22. The quantitative estimate of drug-likeness (QED) is 0.911. The maximum absolute atomic E-state index is 6.41. The molecule has 1 aromatic rings. The van der Waals surface area contributed by atoms with Crippen molar-refractivity contribution in [2.45, 2.75) is 51.2 Å². The third kappa shape index (κ3) is 2.19. The molecule has 116 valence electrons. The van der Waals surface area contributed by atoms with Gasteiger partial charge in [-0.3, -0.25) is 0 Å². The van der Waals surface area contributed by atoms with E-state index in [0.717, 1.165) is 52.0 Å². The molecule has 0 saturated carbocycles. The van der Waals surface area contributed by atoms with Crippen LogP contribution in [0.5, 0.6) is 0 Å². The van der Waals surface area contributed by atoms with Crippen LogP contribution in [0.25, 0.3) is 0 Å². The number of rotatable bonds is 2. The summed E-state index contributed by atoms with van der Waals surface area (Å²) in [6, 6.07) is 2.94.